The number of anilines is 1. The van der Waals surface area contributed by atoms with Gasteiger partial charge in [0, 0.05) is 5.02 Å². The van der Waals surface area contributed by atoms with Gasteiger partial charge in [-0.3, -0.25) is 13.9 Å². The van der Waals surface area contributed by atoms with Crippen LogP contribution in [0.5, 0.6) is 11.6 Å². The molecule has 1 fully saturated rings. The second-order valence-electron chi connectivity index (χ2n) is 10.2. The third-order valence-electron chi connectivity index (χ3n) is 6.86. The fraction of sp³-hybridized carbons (Fsp3) is 0.519. The summed E-state index contributed by atoms with van der Waals surface area (Å²) >= 11 is 5.97. The van der Waals surface area contributed by atoms with Gasteiger partial charge in [0.25, 0.3) is 0 Å². The fourth-order valence-electron chi connectivity index (χ4n) is 4.46. The summed E-state index contributed by atoms with van der Waals surface area (Å²) in [4.78, 5) is 25.2. The number of hydrogen-bond acceptors (Lipinski definition) is 13. The van der Waals surface area contributed by atoms with E-state index in [1.165, 1.54) is 49.0 Å². The zero-order chi connectivity index (χ0) is 32.1. The molecule has 4 rings (SSSR count). The fourth-order valence-corrected chi connectivity index (χ4v) is 6.09. The van der Waals surface area contributed by atoms with E-state index in [-0.39, 0.29) is 35.3 Å². The molecule has 0 spiro atoms. The first-order chi connectivity index (χ1) is 20.9. The van der Waals surface area contributed by atoms with Crippen molar-refractivity contribution in [3.05, 3.63) is 35.6 Å². The van der Waals surface area contributed by atoms with E-state index in [9.17, 15) is 19.7 Å². The minimum absolute atomic E-state index is 0.0894. The maximum atomic E-state index is 14.0. The normalized spacial score (nSPS) is 23.5. The first kappa shape index (κ1) is 33.4. The number of hydrogen-bond donors (Lipinski definition) is 3. The number of nitrogens with zero attached hydrogens (tertiary/aromatic N) is 5. The Bertz CT molecular complexity index is 1550. The van der Waals surface area contributed by atoms with Gasteiger partial charge in [-0.1, -0.05) is 24.9 Å². The molecular formula is C27H35ClN7O8P. The molecule has 0 radical (unpaired) electrons. The molecule has 3 heterocycles. The molecule has 1 aliphatic rings. The van der Waals surface area contributed by atoms with Crippen LogP contribution >= 0.6 is 19.3 Å². The monoisotopic (exact) mass is 651 g/mol. The van der Waals surface area contributed by atoms with Crippen molar-refractivity contribution in [2.75, 3.05) is 25.6 Å². The van der Waals surface area contributed by atoms with Crippen LogP contribution in [0, 0.1) is 16.7 Å². The van der Waals surface area contributed by atoms with Crippen molar-refractivity contribution in [2.45, 2.75) is 65.0 Å². The minimum atomic E-state index is -4.32. The van der Waals surface area contributed by atoms with Crippen LogP contribution in [0.15, 0.2) is 30.6 Å². The van der Waals surface area contributed by atoms with Crippen LogP contribution in [0.1, 0.15) is 46.8 Å². The van der Waals surface area contributed by atoms with Crippen LogP contribution in [0.25, 0.3) is 11.2 Å². The number of carbonyl (C=O) groups is 1. The highest BCUT2D eigenvalue weighted by Gasteiger charge is 2.56. The van der Waals surface area contributed by atoms with Gasteiger partial charge < -0.3 is 29.6 Å². The number of halogens is 1. The first-order valence-electron chi connectivity index (χ1n) is 14.0. The number of rotatable bonds is 14. The van der Waals surface area contributed by atoms with E-state index in [0.29, 0.717) is 18.1 Å². The number of nitrogens with two attached hydrogens (primary N) is 1. The Labute approximate surface area is 259 Å². The number of aliphatic hydroxyl groups is 1. The second kappa shape index (κ2) is 14.1. The molecular weight excluding hydrogens is 617 g/mol. The molecule has 0 aliphatic carbocycles. The van der Waals surface area contributed by atoms with Crippen molar-refractivity contribution in [3.8, 4) is 17.7 Å². The van der Waals surface area contributed by atoms with Crippen LogP contribution in [-0.2, 0) is 23.4 Å². The Morgan fingerprint density at radius 1 is 1.34 bits per heavy atom. The van der Waals surface area contributed by atoms with Crippen molar-refractivity contribution in [1.82, 2.24) is 24.6 Å². The molecule has 15 nitrogen and oxygen atoms in total. The third kappa shape index (κ3) is 7.23. The zero-order valence-electron chi connectivity index (χ0n) is 24.7. The van der Waals surface area contributed by atoms with E-state index in [0.717, 1.165) is 6.42 Å². The van der Waals surface area contributed by atoms with E-state index >= 15 is 0 Å². The summed E-state index contributed by atoms with van der Waals surface area (Å²) in [7, 11) is -4.32. The van der Waals surface area contributed by atoms with Crippen LogP contribution in [-0.4, -0.2) is 68.7 Å². The van der Waals surface area contributed by atoms with Gasteiger partial charge in [-0.2, -0.15) is 20.3 Å². The highest BCUT2D eigenvalue weighted by Crippen LogP contribution is 2.49. The summed E-state index contributed by atoms with van der Waals surface area (Å²) in [5.74, 6) is -0.458. The van der Waals surface area contributed by atoms with E-state index in [1.54, 1.807) is 6.92 Å². The van der Waals surface area contributed by atoms with Crippen LogP contribution < -0.4 is 20.1 Å². The molecule has 1 aliphatic heterocycles. The molecule has 1 aromatic carbocycles. The van der Waals surface area contributed by atoms with Gasteiger partial charge in [0.1, 0.15) is 29.4 Å². The predicted molar refractivity (Wildman–Crippen MR) is 159 cm³/mol. The van der Waals surface area contributed by atoms with Gasteiger partial charge >= 0.3 is 13.7 Å². The van der Waals surface area contributed by atoms with Crippen molar-refractivity contribution >= 4 is 42.4 Å². The van der Waals surface area contributed by atoms with Gasteiger partial charge in [0.2, 0.25) is 11.8 Å². The van der Waals surface area contributed by atoms with Gasteiger partial charge in [-0.15, -0.1) is 0 Å². The summed E-state index contributed by atoms with van der Waals surface area (Å²) in [6.07, 6.45) is -0.863. The topological polar surface area (TPSA) is 206 Å². The average Bonchev–Trinajstić information content (AvgIpc) is 3.51. The molecule has 2 aromatic heterocycles. The first-order valence-corrected chi connectivity index (χ1v) is 15.9. The molecule has 6 atom stereocenters. The highest BCUT2D eigenvalue weighted by molar-refractivity contribution is 7.52. The van der Waals surface area contributed by atoms with Crippen molar-refractivity contribution < 1.29 is 37.7 Å². The summed E-state index contributed by atoms with van der Waals surface area (Å²) in [6, 6.07) is 7.03. The lowest BCUT2D eigenvalue weighted by Gasteiger charge is -2.26. The molecule has 44 heavy (non-hydrogen) atoms. The molecule has 0 bridgehead atoms. The number of nitrogen functional groups attached to an aromatic ring is 1. The van der Waals surface area contributed by atoms with Gasteiger partial charge in [-0.05, 0) is 51.5 Å². The largest absolute Gasteiger partial charge is 0.476 e. The molecule has 17 heteroatoms. The summed E-state index contributed by atoms with van der Waals surface area (Å²) in [5, 5.41) is 24.4. The number of benzene rings is 1. The molecule has 1 saturated heterocycles. The Balaban J connectivity index is 1.58. The smallest absolute Gasteiger partial charge is 0.459 e. The Morgan fingerprint density at radius 3 is 2.73 bits per heavy atom. The lowest BCUT2D eigenvalue weighted by Crippen LogP contribution is -2.39. The predicted octanol–water partition coefficient (Wildman–Crippen LogP) is 3.77. The highest BCUT2D eigenvalue weighted by atomic mass is 35.5. The Hall–Kier alpha value is -3.51. The molecule has 0 amide bonds. The molecule has 238 valence electrons. The number of nitrogens with one attached hydrogen (secondary N) is 1. The molecule has 0 saturated carbocycles. The van der Waals surface area contributed by atoms with Crippen LogP contribution in [0.3, 0.4) is 0 Å². The zero-order valence-corrected chi connectivity index (χ0v) is 26.3. The van der Waals surface area contributed by atoms with Crippen LogP contribution in [0.4, 0.5) is 5.95 Å². The SMILES string of the molecule is CCCCOC(=O)[C@H](C)NP(=O)(OC[C@H]1O[C@@H](n2cnc3c(OCC)nc(N)nc32)[C@](C)(C#N)[C@@H]1O)Oc1ccc(Cl)cc1. The number of aromatic nitrogens is 4. The number of aliphatic hydroxyl groups excluding tert-OH is 1. The third-order valence-corrected chi connectivity index (χ3v) is 8.76. The maximum Gasteiger partial charge on any atom is 0.459 e. The lowest BCUT2D eigenvalue weighted by atomic mass is 9.84. The van der Waals surface area contributed by atoms with Crippen LogP contribution in [0.2, 0.25) is 5.02 Å². The average molecular weight is 652 g/mol. The molecule has 1 unspecified atom stereocenters. The maximum absolute atomic E-state index is 14.0. The number of unbranched alkanes of at least 4 members (excludes halogenated alkanes) is 1. The van der Waals surface area contributed by atoms with Gasteiger partial charge in [0.15, 0.2) is 17.4 Å². The lowest BCUT2D eigenvalue weighted by molar-refractivity contribution is -0.145. The number of fused-ring (bicyclic) bond motifs is 1. The number of nitriles is 1. The Kier molecular flexibility index (Phi) is 10.7. The quantitative estimate of drug-likeness (QED) is 0.129. The number of esters is 1. The van der Waals surface area contributed by atoms with Crippen molar-refractivity contribution in [3.63, 3.8) is 0 Å². The van der Waals surface area contributed by atoms with Crippen molar-refractivity contribution in [1.29, 1.82) is 5.26 Å². The minimum Gasteiger partial charge on any atom is -0.476 e. The summed E-state index contributed by atoms with van der Waals surface area (Å²) in [5.41, 5.74) is 4.84. The number of carbonyl (C=O) groups excluding carboxylic acids is 1. The Morgan fingerprint density at radius 2 is 2.07 bits per heavy atom. The van der Waals surface area contributed by atoms with E-state index in [2.05, 4.69) is 26.1 Å². The summed E-state index contributed by atoms with van der Waals surface area (Å²) in [6.45, 7) is 6.68. The standard InChI is InChI=1S/C27H35ClN7O8P/c1-5-7-12-40-24(37)16(3)34-44(38,43-18-10-8-17(28)9-11-18)41-13-19-21(36)27(4,14-29)25(42-19)35-15-31-20-22(35)32-26(30)33-23(20)39-6-2/h8-11,15-16,19,21,25,36H,5-7,12-13H2,1-4H3,(H,34,38)(H2,30,32,33)/t16-,19+,21+,25+,27+,44?/m0/s1. The van der Waals surface area contributed by atoms with E-state index in [4.69, 9.17) is 40.6 Å². The van der Waals surface area contributed by atoms with Crippen molar-refractivity contribution in [2.24, 2.45) is 5.41 Å². The number of ether oxygens (including phenoxy) is 3. The van der Waals surface area contributed by atoms with Gasteiger partial charge in [0.05, 0.1) is 32.2 Å². The van der Waals surface area contributed by atoms with E-state index < -0.39 is 50.2 Å². The number of imidazole rings is 1. The molecule has 3 aromatic rings. The van der Waals surface area contributed by atoms with E-state index in [1.807, 2.05) is 6.92 Å². The van der Waals surface area contributed by atoms with Gasteiger partial charge in [-0.25, -0.2) is 9.55 Å². The molecule has 4 N–H and O–H groups in total. The second-order valence-corrected chi connectivity index (χ2v) is 12.4. The summed E-state index contributed by atoms with van der Waals surface area (Å²) < 4.78 is 43.7.